The van der Waals surface area contributed by atoms with Crippen molar-refractivity contribution in [2.45, 2.75) is 13.0 Å². The molecule has 0 aliphatic heterocycles. The van der Waals surface area contributed by atoms with Gasteiger partial charge in [0, 0.05) is 24.1 Å². The monoisotopic (exact) mass is 343 g/mol. The molecule has 0 saturated carbocycles. The van der Waals surface area contributed by atoms with Crippen molar-refractivity contribution < 1.29 is 0 Å². The Morgan fingerprint density at radius 3 is 2.31 bits per heavy atom. The number of rotatable bonds is 5. The van der Waals surface area contributed by atoms with Crippen LogP contribution in [0.4, 0.5) is 17.1 Å². The van der Waals surface area contributed by atoms with Crippen molar-refractivity contribution in [3.05, 3.63) is 93.0 Å². The molecule has 1 atom stereocenters. The van der Waals surface area contributed by atoms with Crippen LogP contribution < -0.4 is 21.5 Å². The Balaban J connectivity index is 1.59. The second-order valence-electron chi connectivity index (χ2n) is 6.24. The van der Waals surface area contributed by atoms with Crippen molar-refractivity contribution in [1.82, 2.24) is 4.98 Å². The van der Waals surface area contributed by atoms with E-state index in [1.54, 1.807) is 24.5 Å². The number of aromatic nitrogens is 1. The van der Waals surface area contributed by atoms with E-state index in [-0.39, 0.29) is 6.04 Å². The molecule has 1 heterocycles. The second kappa shape index (κ2) is 6.44. The third-order valence-corrected chi connectivity index (χ3v) is 4.49. The molecule has 0 unspecified atom stereocenters. The lowest BCUT2D eigenvalue weighted by molar-refractivity contribution is 0.882. The fourth-order valence-corrected chi connectivity index (χ4v) is 3.01. The highest BCUT2D eigenvalue weighted by molar-refractivity contribution is 5.83. The number of fused-ring (bicyclic) bond motifs is 1. The average molecular weight is 343 g/mol. The van der Waals surface area contributed by atoms with Gasteiger partial charge in [-0.05, 0) is 41.5 Å². The Hall–Kier alpha value is -3.47. The molecular weight excluding hydrogens is 326 g/mol. The highest BCUT2D eigenvalue weighted by Gasteiger charge is 2.22. The van der Waals surface area contributed by atoms with Crippen molar-refractivity contribution >= 4 is 27.8 Å². The smallest absolute Gasteiger partial charge is 0.253 e. The molecule has 0 amide bonds. The summed E-state index contributed by atoms with van der Waals surface area (Å²) in [6, 6.07) is 17.7. The fourth-order valence-electron chi connectivity index (χ4n) is 3.01. The van der Waals surface area contributed by atoms with E-state index in [1.807, 2.05) is 25.1 Å². The van der Waals surface area contributed by atoms with Crippen LogP contribution in [0.15, 0.2) is 76.6 Å². The topological polar surface area (TPSA) is 71.1 Å². The van der Waals surface area contributed by atoms with E-state index in [9.17, 15) is 9.59 Å². The lowest BCUT2D eigenvalue weighted by atomic mass is 10.0. The predicted octanol–water partition coefficient (Wildman–Crippen LogP) is 3.75. The van der Waals surface area contributed by atoms with Gasteiger partial charge in [-0.2, -0.15) is 0 Å². The molecule has 2 N–H and O–H groups in total. The van der Waals surface area contributed by atoms with Gasteiger partial charge in [-0.25, -0.2) is 0 Å². The Morgan fingerprint density at radius 1 is 0.846 bits per heavy atom. The molecule has 4 rings (SSSR count). The van der Waals surface area contributed by atoms with E-state index in [1.165, 1.54) is 0 Å². The molecule has 26 heavy (non-hydrogen) atoms. The summed E-state index contributed by atoms with van der Waals surface area (Å²) >= 11 is 0. The van der Waals surface area contributed by atoms with Gasteiger partial charge in [0.1, 0.15) is 11.4 Å². The Kier molecular flexibility index (Phi) is 3.97. The third kappa shape index (κ3) is 2.84. The van der Waals surface area contributed by atoms with Crippen LogP contribution in [0, 0.1) is 0 Å². The summed E-state index contributed by atoms with van der Waals surface area (Å²) in [6.45, 7) is 1.97. The van der Waals surface area contributed by atoms with Gasteiger partial charge < -0.3 is 10.6 Å². The van der Waals surface area contributed by atoms with E-state index in [2.05, 4.69) is 39.9 Å². The molecule has 0 spiro atoms. The largest absolute Gasteiger partial charge is 0.373 e. The Labute approximate surface area is 150 Å². The number of nitrogens with one attached hydrogen (secondary N) is 2. The quantitative estimate of drug-likeness (QED) is 0.540. The first-order valence-corrected chi connectivity index (χ1v) is 8.39. The van der Waals surface area contributed by atoms with Crippen LogP contribution in [0.3, 0.4) is 0 Å². The van der Waals surface area contributed by atoms with Gasteiger partial charge in [0.05, 0.1) is 0 Å². The normalized spacial score (nSPS) is 12.2. The van der Waals surface area contributed by atoms with E-state index < -0.39 is 10.9 Å². The minimum absolute atomic E-state index is 0.110. The first-order valence-electron chi connectivity index (χ1n) is 8.39. The zero-order valence-corrected chi connectivity index (χ0v) is 14.2. The summed E-state index contributed by atoms with van der Waals surface area (Å²) < 4.78 is 0. The van der Waals surface area contributed by atoms with E-state index in [4.69, 9.17) is 0 Å². The van der Waals surface area contributed by atoms with Crippen molar-refractivity contribution in [2.24, 2.45) is 0 Å². The number of hydrogen-bond acceptors (Lipinski definition) is 5. The molecule has 0 aliphatic rings. The number of hydrogen-bond donors (Lipinski definition) is 2. The molecule has 0 fully saturated rings. The SMILES string of the molecule is C[C@@H](Nc1c(Nc2ccncc2)c(=O)c1=O)c1ccc2ccccc2c1. The highest BCUT2D eigenvalue weighted by atomic mass is 16.2. The molecule has 5 heteroatoms. The second-order valence-corrected chi connectivity index (χ2v) is 6.24. The van der Waals surface area contributed by atoms with Crippen LogP contribution in [0.5, 0.6) is 0 Å². The number of pyridine rings is 1. The minimum atomic E-state index is -0.505. The number of nitrogens with zero attached hydrogens (tertiary/aromatic N) is 1. The maximum Gasteiger partial charge on any atom is 0.253 e. The molecular formula is C21H17N3O2. The van der Waals surface area contributed by atoms with Crippen molar-refractivity contribution in [2.75, 3.05) is 10.6 Å². The molecule has 0 aliphatic carbocycles. The molecule has 4 aromatic rings. The predicted molar refractivity (Wildman–Crippen MR) is 105 cm³/mol. The van der Waals surface area contributed by atoms with Crippen LogP contribution in [-0.2, 0) is 0 Å². The first kappa shape index (κ1) is 16.0. The van der Waals surface area contributed by atoms with Gasteiger partial charge in [-0.1, -0.05) is 36.4 Å². The van der Waals surface area contributed by atoms with Gasteiger partial charge >= 0.3 is 0 Å². The molecule has 1 aromatic heterocycles. The van der Waals surface area contributed by atoms with Crippen LogP contribution in [0.1, 0.15) is 18.5 Å². The van der Waals surface area contributed by atoms with E-state index in [0.29, 0.717) is 17.1 Å². The average Bonchev–Trinajstić information content (AvgIpc) is 2.70. The maximum absolute atomic E-state index is 12.0. The first-order chi connectivity index (χ1) is 12.6. The Morgan fingerprint density at radius 2 is 1.54 bits per heavy atom. The minimum Gasteiger partial charge on any atom is -0.373 e. The maximum atomic E-state index is 12.0. The highest BCUT2D eigenvalue weighted by Crippen LogP contribution is 2.26. The third-order valence-electron chi connectivity index (χ3n) is 4.49. The van der Waals surface area contributed by atoms with E-state index in [0.717, 1.165) is 16.3 Å². The fraction of sp³-hybridized carbons (Fsp3) is 0.0952. The van der Waals surface area contributed by atoms with Gasteiger partial charge in [-0.3, -0.25) is 14.6 Å². The number of anilines is 3. The molecule has 128 valence electrons. The molecule has 5 nitrogen and oxygen atoms in total. The van der Waals surface area contributed by atoms with Crippen LogP contribution >= 0.6 is 0 Å². The van der Waals surface area contributed by atoms with Gasteiger partial charge in [0.2, 0.25) is 0 Å². The lowest BCUT2D eigenvalue weighted by Gasteiger charge is -2.20. The summed E-state index contributed by atoms with van der Waals surface area (Å²) in [4.78, 5) is 27.9. The molecule has 0 bridgehead atoms. The van der Waals surface area contributed by atoms with Gasteiger partial charge in [-0.15, -0.1) is 0 Å². The summed E-state index contributed by atoms with van der Waals surface area (Å²) in [5.74, 6) is 0. The summed E-state index contributed by atoms with van der Waals surface area (Å²) in [7, 11) is 0. The summed E-state index contributed by atoms with van der Waals surface area (Å²) in [6.07, 6.45) is 3.25. The van der Waals surface area contributed by atoms with Crippen LogP contribution in [-0.4, -0.2) is 4.98 Å². The summed E-state index contributed by atoms with van der Waals surface area (Å²) in [5.41, 5.74) is 1.39. The lowest BCUT2D eigenvalue weighted by Crippen LogP contribution is -2.37. The molecule has 0 saturated heterocycles. The molecule has 3 aromatic carbocycles. The standard InChI is InChI=1S/C21H17N3O2/c1-13(15-7-6-14-4-2-3-5-16(14)12-15)23-18-19(21(26)20(18)25)24-17-8-10-22-11-9-17/h2-13,23H,1H3,(H,22,24)/t13-/m1/s1. The van der Waals surface area contributed by atoms with Gasteiger partial charge in [0.15, 0.2) is 0 Å². The number of benzene rings is 2. The van der Waals surface area contributed by atoms with Crippen molar-refractivity contribution in [1.29, 1.82) is 0 Å². The van der Waals surface area contributed by atoms with Crippen LogP contribution in [0.2, 0.25) is 0 Å². The Bertz CT molecular complexity index is 1150. The zero-order valence-electron chi connectivity index (χ0n) is 14.2. The van der Waals surface area contributed by atoms with Crippen molar-refractivity contribution in [3.63, 3.8) is 0 Å². The molecule has 0 radical (unpaired) electrons. The summed E-state index contributed by atoms with van der Waals surface area (Å²) in [5, 5.41) is 8.48. The zero-order chi connectivity index (χ0) is 18.1. The van der Waals surface area contributed by atoms with Crippen molar-refractivity contribution in [3.8, 4) is 0 Å². The van der Waals surface area contributed by atoms with Gasteiger partial charge in [0.25, 0.3) is 10.9 Å². The van der Waals surface area contributed by atoms with E-state index >= 15 is 0 Å². The van der Waals surface area contributed by atoms with Crippen LogP contribution in [0.25, 0.3) is 10.8 Å².